The molecule has 1 aliphatic rings. The van der Waals surface area contributed by atoms with Crippen molar-refractivity contribution in [2.24, 2.45) is 0 Å². The predicted molar refractivity (Wildman–Crippen MR) is 124 cm³/mol. The largest absolute Gasteiger partial charge is 0.352 e. The first-order valence-electron chi connectivity index (χ1n) is 10.6. The highest BCUT2D eigenvalue weighted by molar-refractivity contribution is 7.99. The summed E-state index contributed by atoms with van der Waals surface area (Å²) in [5.41, 5.74) is 1.47. The van der Waals surface area contributed by atoms with E-state index < -0.39 is 6.04 Å². The van der Waals surface area contributed by atoms with Crippen LogP contribution in [0.3, 0.4) is 0 Å². The van der Waals surface area contributed by atoms with E-state index >= 15 is 0 Å². The first-order valence-corrected chi connectivity index (χ1v) is 12.1. The maximum Gasteiger partial charge on any atom is 0.242 e. The summed E-state index contributed by atoms with van der Waals surface area (Å²) in [6, 6.07) is 13.3. The number of halogens is 2. The van der Waals surface area contributed by atoms with Crippen LogP contribution in [-0.2, 0) is 21.9 Å². The molecule has 0 aromatic heterocycles. The summed E-state index contributed by atoms with van der Waals surface area (Å²) < 4.78 is 14.3. The molecule has 2 aromatic rings. The fourth-order valence-electron chi connectivity index (χ4n) is 3.70. The molecule has 0 saturated heterocycles. The van der Waals surface area contributed by atoms with Gasteiger partial charge in [-0.25, -0.2) is 4.39 Å². The Bertz CT molecular complexity index is 887. The van der Waals surface area contributed by atoms with Gasteiger partial charge in [0.1, 0.15) is 11.9 Å². The van der Waals surface area contributed by atoms with Gasteiger partial charge in [-0.3, -0.25) is 9.59 Å². The van der Waals surface area contributed by atoms with Crippen molar-refractivity contribution in [1.82, 2.24) is 10.2 Å². The first kappa shape index (κ1) is 23.6. The van der Waals surface area contributed by atoms with Gasteiger partial charge in [-0.1, -0.05) is 54.8 Å². The van der Waals surface area contributed by atoms with Gasteiger partial charge >= 0.3 is 0 Å². The molecule has 2 aromatic carbocycles. The maximum absolute atomic E-state index is 14.3. The molecule has 1 N–H and O–H groups in total. The maximum atomic E-state index is 14.3. The van der Waals surface area contributed by atoms with Crippen LogP contribution in [0.5, 0.6) is 0 Å². The van der Waals surface area contributed by atoms with E-state index in [1.807, 2.05) is 24.3 Å². The van der Waals surface area contributed by atoms with Crippen LogP contribution in [0.2, 0.25) is 5.02 Å². The van der Waals surface area contributed by atoms with Crippen molar-refractivity contribution in [1.29, 1.82) is 0 Å². The Hall–Kier alpha value is -2.05. The lowest BCUT2D eigenvalue weighted by Gasteiger charge is -2.29. The number of nitrogens with zero attached hydrogens (tertiary/aromatic N) is 1. The van der Waals surface area contributed by atoms with Gasteiger partial charge in [0.15, 0.2) is 0 Å². The third-order valence-electron chi connectivity index (χ3n) is 5.57. The van der Waals surface area contributed by atoms with Crippen molar-refractivity contribution in [2.75, 3.05) is 5.75 Å². The van der Waals surface area contributed by atoms with Gasteiger partial charge in [-0.2, -0.15) is 0 Å². The summed E-state index contributed by atoms with van der Waals surface area (Å²) in [6.07, 6.45) is 4.16. The van der Waals surface area contributed by atoms with Crippen LogP contribution in [0.4, 0.5) is 4.39 Å². The zero-order chi connectivity index (χ0) is 22.2. The Morgan fingerprint density at radius 3 is 2.52 bits per heavy atom. The third-order valence-corrected chi connectivity index (χ3v) is 6.82. The minimum atomic E-state index is -0.677. The molecule has 7 heteroatoms. The number of amides is 2. The minimum absolute atomic E-state index is 0.0618. The molecule has 4 nitrogen and oxygen atoms in total. The molecule has 1 atom stereocenters. The van der Waals surface area contributed by atoms with Gasteiger partial charge in [0.2, 0.25) is 11.8 Å². The highest BCUT2D eigenvalue weighted by atomic mass is 35.5. The number of benzene rings is 2. The molecule has 166 valence electrons. The van der Waals surface area contributed by atoms with Gasteiger partial charge in [0, 0.05) is 28.9 Å². The van der Waals surface area contributed by atoms with E-state index in [1.54, 1.807) is 25.1 Å². The van der Waals surface area contributed by atoms with E-state index in [0.717, 1.165) is 31.2 Å². The summed E-state index contributed by atoms with van der Waals surface area (Å²) >= 11 is 7.38. The molecule has 0 spiro atoms. The fraction of sp³-hybridized carbons (Fsp3) is 0.417. The normalized spacial score (nSPS) is 14.9. The molecule has 0 unspecified atom stereocenters. The van der Waals surface area contributed by atoms with Gasteiger partial charge < -0.3 is 10.2 Å². The zero-order valence-corrected chi connectivity index (χ0v) is 19.2. The molecular weight excluding hydrogens is 435 g/mol. The van der Waals surface area contributed by atoms with Gasteiger partial charge in [0.25, 0.3) is 0 Å². The number of carbonyl (C=O) groups excluding carboxylic acids is 2. The van der Waals surface area contributed by atoms with Crippen LogP contribution >= 0.6 is 23.4 Å². The summed E-state index contributed by atoms with van der Waals surface area (Å²) in [5, 5.41) is 3.73. The van der Waals surface area contributed by atoms with E-state index in [-0.39, 0.29) is 36.0 Å². The first-order chi connectivity index (χ1) is 14.9. The Morgan fingerprint density at radius 2 is 1.84 bits per heavy atom. The second-order valence-electron chi connectivity index (χ2n) is 7.90. The van der Waals surface area contributed by atoms with Crippen LogP contribution in [0.25, 0.3) is 0 Å². The SMILES string of the molecule is C[C@H](C(=O)NC1CCCC1)N(Cc1ccccc1F)C(=O)CSCc1ccc(Cl)cc1. The average Bonchev–Trinajstić information content (AvgIpc) is 3.27. The topological polar surface area (TPSA) is 49.4 Å². The van der Waals surface area contributed by atoms with E-state index in [9.17, 15) is 14.0 Å². The van der Waals surface area contributed by atoms with Crippen molar-refractivity contribution < 1.29 is 14.0 Å². The second kappa shape index (κ2) is 11.5. The number of thioether (sulfide) groups is 1. The van der Waals surface area contributed by atoms with Crippen molar-refractivity contribution in [3.8, 4) is 0 Å². The summed E-state index contributed by atoms with van der Waals surface area (Å²) in [7, 11) is 0. The molecule has 3 rings (SSSR count). The van der Waals surface area contributed by atoms with E-state index in [4.69, 9.17) is 11.6 Å². The Kier molecular flexibility index (Phi) is 8.79. The molecule has 31 heavy (non-hydrogen) atoms. The quantitative estimate of drug-likeness (QED) is 0.558. The molecule has 1 saturated carbocycles. The van der Waals surface area contributed by atoms with Crippen LogP contribution in [0.15, 0.2) is 48.5 Å². The van der Waals surface area contributed by atoms with Crippen molar-refractivity contribution in [3.05, 3.63) is 70.5 Å². The number of carbonyl (C=O) groups is 2. The third kappa shape index (κ3) is 6.97. The van der Waals surface area contributed by atoms with Gasteiger partial charge in [-0.15, -0.1) is 11.8 Å². The van der Waals surface area contributed by atoms with Crippen LogP contribution in [-0.4, -0.2) is 34.6 Å². The Balaban J connectivity index is 1.66. The number of rotatable bonds is 9. The average molecular weight is 463 g/mol. The lowest BCUT2D eigenvalue weighted by Crippen LogP contribution is -2.50. The molecular formula is C24H28ClFN2O2S. The summed E-state index contributed by atoms with van der Waals surface area (Å²) in [4.78, 5) is 27.4. The smallest absolute Gasteiger partial charge is 0.242 e. The van der Waals surface area contributed by atoms with Crippen molar-refractivity contribution >= 4 is 35.2 Å². The van der Waals surface area contributed by atoms with Crippen LogP contribution in [0.1, 0.15) is 43.7 Å². The van der Waals surface area contributed by atoms with E-state index in [0.29, 0.717) is 16.3 Å². The standard InChI is InChI=1S/C24H28ClFN2O2S/c1-17(24(30)27-21-7-3-4-8-21)28(14-19-6-2-5-9-22(19)26)23(29)16-31-15-18-10-12-20(25)13-11-18/h2,5-6,9-13,17,21H,3-4,7-8,14-16H2,1H3,(H,27,30)/t17-/m1/s1. The van der Waals surface area contributed by atoms with Crippen LogP contribution < -0.4 is 5.32 Å². The molecule has 1 fully saturated rings. The van der Waals surface area contributed by atoms with Crippen LogP contribution in [0, 0.1) is 5.82 Å². The number of hydrogen-bond acceptors (Lipinski definition) is 3. The second-order valence-corrected chi connectivity index (χ2v) is 9.32. The summed E-state index contributed by atoms with van der Waals surface area (Å²) in [6.45, 7) is 1.78. The Morgan fingerprint density at radius 1 is 1.16 bits per heavy atom. The molecule has 0 aliphatic heterocycles. The zero-order valence-electron chi connectivity index (χ0n) is 17.7. The lowest BCUT2D eigenvalue weighted by molar-refractivity contribution is -0.139. The van der Waals surface area contributed by atoms with Gasteiger partial charge in [-0.05, 0) is 43.5 Å². The molecule has 0 radical (unpaired) electrons. The summed E-state index contributed by atoms with van der Waals surface area (Å²) in [5.74, 6) is 0.116. The lowest BCUT2D eigenvalue weighted by atomic mass is 10.1. The molecule has 0 bridgehead atoms. The van der Waals surface area contributed by atoms with Gasteiger partial charge in [0.05, 0.1) is 5.75 Å². The van der Waals surface area contributed by atoms with Crippen molar-refractivity contribution in [2.45, 2.75) is 57.0 Å². The number of hydrogen-bond donors (Lipinski definition) is 1. The van der Waals surface area contributed by atoms with E-state index in [1.165, 1.54) is 22.7 Å². The van der Waals surface area contributed by atoms with Crippen molar-refractivity contribution in [3.63, 3.8) is 0 Å². The number of nitrogens with one attached hydrogen (secondary N) is 1. The molecule has 1 aliphatic carbocycles. The molecule has 0 heterocycles. The predicted octanol–water partition coefficient (Wildman–Crippen LogP) is 5.19. The highest BCUT2D eigenvalue weighted by Gasteiger charge is 2.28. The van der Waals surface area contributed by atoms with E-state index in [2.05, 4.69) is 5.32 Å². The molecule has 2 amide bonds. The highest BCUT2D eigenvalue weighted by Crippen LogP contribution is 2.20. The monoisotopic (exact) mass is 462 g/mol. The Labute approximate surface area is 192 Å². The fourth-order valence-corrected chi connectivity index (χ4v) is 4.70. The minimum Gasteiger partial charge on any atom is -0.352 e.